The normalized spacial score (nSPS) is 10.4. The Hall–Kier alpha value is -1.56. The van der Waals surface area contributed by atoms with Gasteiger partial charge in [-0.25, -0.2) is 0 Å². The Labute approximate surface area is 114 Å². The zero-order chi connectivity index (χ0) is 13.9. The molecule has 1 aromatic rings. The molecular weight excluding hydrogens is 298 g/mol. The highest BCUT2D eigenvalue weighted by atomic mass is 79.9. The number of halogens is 1. The minimum atomic E-state index is -0.548. The van der Waals surface area contributed by atoms with Crippen LogP contribution in [0, 0.1) is 0 Å². The zero-order valence-corrected chi connectivity index (χ0v) is 11.9. The Morgan fingerprint density at radius 3 is 2.44 bits per heavy atom. The Morgan fingerprint density at radius 2 is 2.00 bits per heavy atom. The van der Waals surface area contributed by atoms with Gasteiger partial charge in [-0.3, -0.25) is 9.59 Å². The predicted molar refractivity (Wildman–Crippen MR) is 73.9 cm³/mol. The monoisotopic (exact) mass is 313 g/mol. The third kappa shape index (κ3) is 3.46. The summed E-state index contributed by atoms with van der Waals surface area (Å²) in [5.74, 6) is -0.846. The number of nitrogen functional groups attached to an aromatic ring is 1. The third-order valence-electron chi connectivity index (χ3n) is 2.45. The largest absolute Gasteiger partial charge is 0.398 e. The lowest BCUT2D eigenvalue weighted by Crippen LogP contribution is -2.43. The summed E-state index contributed by atoms with van der Waals surface area (Å²) in [5, 5.41) is 0. The fourth-order valence-corrected chi connectivity index (χ4v) is 1.92. The molecule has 0 saturated heterocycles. The molecule has 0 fully saturated rings. The van der Waals surface area contributed by atoms with E-state index in [0.717, 1.165) is 4.47 Å². The molecule has 2 amide bonds. The van der Waals surface area contributed by atoms with Crippen molar-refractivity contribution in [1.82, 2.24) is 4.90 Å². The van der Waals surface area contributed by atoms with Crippen LogP contribution in [0.4, 0.5) is 5.69 Å². The number of amides is 2. The molecule has 0 aromatic heterocycles. The number of hydrogen-bond donors (Lipinski definition) is 2. The van der Waals surface area contributed by atoms with Crippen LogP contribution in [0.15, 0.2) is 22.7 Å². The number of nitrogens with two attached hydrogens (primary N) is 2. The lowest BCUT2D eigenvalue weighted by atomic mass is 10.1. The van der Waals surface area contributed by atoms with Gasteiger partial charge in [0.05, 0.1) is 12.1 Å². The van der Waals surface area contributed by atoms with Crippen molar-refractivity contribution in [2.45, 2.75) is 19.9 Å². The molecule has 98 valence electrons. The van der Waals surface area contributed by atoms with E-state index in [1.165, 1.54) is 4.90 Å². The van der Waals surface area contributed by atoms with Gasteiger partial charge < -0.3 is 16.4 Å². The fraction of sp³-hybridized carbons (Fsp3) is 0.333. The van der Waals surface area contributed by atoms with E-state index in [9.17, 15) is 9.59 Å². The topological polar surface area (TPSA) is 89.4 Å². The van der Waals surface area contributed by atoms with E-state index in [4.69, 9.17) is 11.5 Å². The number of nitrogens with zero attached hydrogens (tertiary/aromatic N) is 1. The van der Waals surface area contributed by atoms with Crippen molar-refractivity contribution in [1.29, 1.82) is 0 Å². The number of benzene rings is 1. The summed E-state index contributed by atoms with van der Waals surface area (Å²) in [7, 11) is 0. The van der Waals surface area contributed by atoms with Gasteiger partial charge in [0, 0.05) is 16.2 Å². The molecule has 18 heavy (non-hydrogen) atoms. The van der Waals surface area contributed by atoms with E-state index in [1.807, 2.05) is 13.8 Å². The van der Waals surface area contributed by atoms with Crippen molar-refractivity contribution >= 4 is 33.4 Å². The van der Waals surface area contributed by atoms with Gasteiger partial charge in [0.25, 0.3) is 5.91 Å². The first-order valence-corrected chi connectivity index (χ1v) is 6.26. The average molecular weight is 314 g/mol. The van der Waals surface area contributed by atoms with Crippen LogP contribution < -0.4 is 11.5 Å². The average Bonchev–Trinajstić information content (AvgIpc) is 2.24. The first-order valence-electron chi connectivity index (χ1n) is 5.47. The first kappa shape index (κ1) is 14.5. The van der Waals surface area contributed by atoms with Gasteiger partial charge in [-0.2, -0.15) is 0 Å². The second-order valence-electron chi connectivity index (χ2n) is 4.22. The molecule has 0 aliphatic rings. The van der Waals surface area contributed by atoms with Gasteiger partial charge in [0.1, 0.15) is 0 Å². The van der Waals surface area contributed by atoms with Crippen LogP contribution in [-0.2, 0) is 4.79 Å². The van der Waals surface area contributed by atoms with Crippen molar-refractivity contribution < 1.29 is 9.59 Å². The summed E-state index contributed by atoms with van der Waals surface area (Å²) in [4.78, 5) is 24.6. The van der Waals surface area contributed by atoms with Crippen molar-refractivity contribution in [3.05, 3.63) is 28.2 Å². The molecule has 0 spiro atoms. The highest BCUT2D eigenvalue weighted by Crippen LogP contribution is 2.20. The van der Waals surface area contributed by atoms with E-state index in [2.05, 4.69) is 15.9 Å². The quantitative estimate of drug-likeness (QED) is 0.823. The molecule has 1 rings (SSSR count). The molecule has 0 aliphatic carbocycles. The molecule has 0 heterocycles. The number of hydrogen-bond acceptors (Lipinski definition) is 3. The number of primary amides is 1. The van der Waals surface area contributed by atoms with Crippen molar-refractivity contribution in [3.8, 4) is 0 Å². The van der Waals surface area contributed by atoms with Gasteiger partial charge in [-0.15, -0.1) is 0 Å². The number of carbonyl (C=O) groups excluding carboxylic acids is 2. The molecular formula is C12H16BrN3O2. The molecule has 4 N–H and O–H groups in total. The molecule has 0 saturated carbocycles. The molecule has 0 atom stereocenters. The van der Waals surface area contributed by atoms with Crippen LogP contribution in [0.2, 0.25) is 0 Å². The summed E-state index contributed by atoms with van der Waals surface area (Å²) in [6, 6.07) is 4.87. The van der Waals surface area contributed by atoms with Crippen LogP contribution in [0.1, 0.15) is 24.2 Å². The van der Waals surface area contributed by atoms with Crippen molar-refractivity contribution in [2.24, 2.45) is 5.73 Å². The summed E-state index contributed by atoms with van der Waals surface area (Å²) in [6.45, 7) is 3.51. The molecule has 0 radical (unpaired) electrons. The second-order valence-corrected chi connectivity index (χ2v) is 5.14. The van der Waals surface area contributed by atoms with Gasteiger partial charge in [-0.05, 0) is 32.0 Å². The Morgan fingerprint density at radius 1 is 1.39 bits per heavy atom. The smallest absolute Gasteiger partial charge is 0.256 e. The number of anilines is 1. The predicted octanol–water partition coefficient (Wildman–Crippen LogP) is 1.37. The molecule has 5 nitrogen and oxygen atoms in total. The van der Waals surface area contributed by atoms with Gasteiger partial charge >= 0.3 is 0 Å². The molecule has 6 heteroatoms. The fourth-order valence-electron chi connectivity index (χ4n) is 1.54. The summed E-state index contributed by atoms with van der Waals surface area (Å²) in [6.07, 6.45) is 0. The van der Waals surface area contributed by atoms with E-state index < -0.39 is 5.91 Å². The minimum Gasteiger partial charge on any atom is -0.398 e. The van der Waals surface area contributed by atoms with Crippen LogP contribution >= 0.6 is 15.9 Å². The second kappa shape index (κ2) is 5.86. The number of rotatable bonds is 4. The Bertz CT molecular complexity index is 474. The molecule has 0 unspecified atom stereocenters. The van der Waals surface area contributed by atoms with E-state index in [0.29, 0.717) is 11.3 Å². The van der Waals surface area contributed by atoms with Gasteiger partial charge in [0.2, 0.25) is 5.91 Å². The standard InChI is InChI=1S/C12H16BrN3O2/c1-7(2)16(6-11(15)17)12(18)9-4-3-8(13)5-10(9)14/h3-5,7H,6,14H2,1-2H3,(H2,15,17). The van der Waals surface area contributed by atoms with Crippen LogP contribution in [0.5, 0.6) is 0 Å². The lowest BCUT2D eigenvalue weighted by Gasteiger charge is -2.25. The summed E-state index contributed by atoms with van der Waals surface area (Å²) in [5.41, 5.74) is 11.7. The summed E-state index contributed by atoms with van der Waals surface area (Å²) >= 11 is 3.27. The maximum Gasteiger partial charge on any atom is 0.256 e. The van der Waals surface area contributed by atoms with Crippen molar-refractivity contribution in [2.75, 3.05) is 12.3 Å². The Kier molecular flexibility index (Phi) is 4.72. The third-order valence-corrected chi connectivity index (χ3v) is 2.95. The summed E-state index contributed by atoms with van der Waals surface area (Å²) < 4.78 is 0.794. The van der Waals surface area contributed by atoms with Crippen LogP contribution in [0.25, 0.3) is 0 Å². The van der Waals surface area contributed by atoms with E-state index in [-0.39, 0.29) is 18.5 Å². The molecule has 0 aliphatic heterocycles. The minimum absolute atomic E-state index is 0.119. The van der Waals surface area contributed by atoms with E-state index in [1.54, 1.807) is 18.2 Å². The van der Waals surface area contributed by atoms with Crippen LogP contribution in [0.3, 0.4) is 0 Å². The maximum atomic E-state index is 12.3. The van der Waals surface area contributed by atoms with E-state index >= 15 is 0 Å². The lowest BCUT2D eigenvalue weighted by molar-refractivity contribution is -0.119. The molecule has 1 aromatic carbocycles. The maximum absolute atomic E-state index is 12.3. The first-order chi connectivity index (χ1) is 8.32. The van der Waals surface area contributed by atoms with Gasteiger partial charge in [0.15, 0.2) is 0 Å². The Balaban J connectivity index is 3.05. The number of carbonyl (C=O) groups is 2. The van der Waals surface area contributed by atoms with Crippen LogP contribution in [-0.4, -0.2) is 29.3 Å². The SMILES string of the molecule is CC(C)N(CC(N)=O)C(=O)c1ccc(Br)cc1N. The van der Waals surface area contributed by atoms with Crippen molar-refractivity contribution in [3.63, 3.8) is 0 Å². The van der Waals surface area contributed by atoms with Gasteiger partial charge in [-0.1, -0.05) is 15.9 Å². The highest BCUT2D eigenvalue weighted by molar-refractivity contribution is 9.10. The molecule has 0 bridgehead atoms. The zero-order valence-electron chi connectivity index (χ0n) is 10.3. The highest BCUT2D eigenvalue weighted by Gasteiger charge is 2.22.